The predicted octanol–water partition coefficient (Wildman–Crippen LogP) is 1.47. The van der Waals surface area contributed by atoms with E-state index in [1.807, 2.05) is 6.07 Å². The van der Waals surface area contributed by atoms with Crippen molar-refractivity contribution in [3.05, 3.63) is 29.8 Å². The van der Waals surface area contributed by atoms with Crippen molar-refractivity contribution in [1.29, 1.82) is 5.26 Å². The Kier molecular flexibility index (Phi) is 3.50. The molecule has 0 unspecified atom stereocenters. The maximum absolute atomic E-state index is 10.8. The lowest BCUT2D eigenvalue weighted by Crippen LogP contribution is -2.21. The Morgan fingerprint density at radius 2 is 2.14 bits per heavy atom. The van der Waals surface area contributed by atoms with Gasteiger partial charge in [-0.05, 0) is 17.7 Å². The van der Waals surface area contributed by atoms with E-state index in [9.17, 15) is 4.79 Å². The van der Waals surface area contributed by atoms with E-state index in [0.29, 0.717) is 12.2 Å². The molecule has 0 saturated heterocycles. The van der Waals surface area contributed by atoms with Gasteiger partial charge in [-0.2, -0.15) is 5.26 Å². The zero-order chi connectivity index (χ0) is 10.4. The summed E-state index contributed by atoms with van der Waals surface area (Å²) < 4.78 is 4.86. The molecule has 1 aromatic rings. The van der Waals surface area contributed by atoms with Crippen molar-refractivity contribution >= 4 is 6.09 Å². The molecule has 0 aromatic heterocycles. The highest BCUT2D eigenvalue weighted by Gasteiger charge is 2.00. The summed E-state index contributed by atoms with van der Waals surface area (Å²) >= 11 is 0. The molecule has 1 N–H and O–H groups in total. The summed E-state index contributed by atoms with van der Waals surface area (Å²) in [7, 11) is 1.49. The van der Waals surface area contributed by atoms with Gasteiger partial charge in [-0.3, -0.25) is 0 Å². The van der Waals surface area contributed by atoms with Crippen LogP contribution in [0.1, 0.15) is 5.56 Å². The Labute approximate surface area is 82.1 Å². The standard InChI is InChI=1S/C10H10N2O2/c1-12-10(13)14-9-4-2-8(3-5-9)6-7-11/h2-5H,6H2,1H3,(H,12,13). The molecule has 1 rings (SSSR count). The minimum Gasteiger partial charge on any atom is -0.410 e. The smallest absolute Gasteiger partial charge is 0.410 e. The maximum Gasteiger partial charge on any atom is 0.412 e. The molecule has 4 nitrogen and oxygen atoms in total. The summed E-state index contributed by atoms with van der Waals surface area (Å²) in [5.74, 6) is 0.464. The van der Waals surface area contributed by atoms with E-state index in [0.717, 1.165) is 5.56 Å². The number of nitrogens with one attached hydrogen (secondary N) is 1. The zero-order valence-electron chi connectivity index (χ0n) is 7.78. The first-order valence-electron chi connectivity index (χ1n) is 4.11. The van der Waals surface area contributed by atoms with Crippen LogP contribution in [0.4, 0.5) is 4.79 Å². The fourth-order valence-electron chi connectivity index (χ4n) is 0.925. The topological polar surface area (TPSA) is 62.1 Å². The third-order valence-corrected chi connectivity index (χ3v) is 1.62. The fraction of sp³-hybridized carbons (Fsp3) is 0.200. The molecule has 0 fully saturated rings. The van der Waals surface area contributed by atoms with Gasteiger partial charge >= 0.3 is 6.09 Å². The largest absolute Gasteiger partial charge is 0.412 e. The van der Waals surface area contributed by atoms with Gasteiger partial charge in [0.1, 0.15) is 5.75 Å². The molecule has 0 heterocycles. The van der Waals surface area contributed by atoms with E-state index < -0.39 is 6.09 Å². The molecule has 0 aliphatic heterocycles. The quantitative estimate of drug-likeness (QED) is 0.768. The summed E-state index contributed by atoms with van der Waals surface area (Å²) in [6.07, 6.45) is -0.140. The molecule has 0 saturated carbocycles. The number of amides is 1. The summed E-state index contributed by atoms with van der Waals surface area (Å²) in [4.78, 5) is 10.8. The number of benzene rings is 1. The van der Waals surface area contributed by atoms with Crippen molar-refractivity contribution in [3.63, 3.8) is 0 Å². The second-order valence-electron chi connectivity index (χ2n) is 2.62. The normalized spacial score (nSPS) is 8.86. The van der Waals surface area contributed by atoms with Crippen LogP contribution in [0.2, 0.25) is 0 Å². The Balaban J connectivity index is 2.65. The monoisotopic (exact) mass is 190 g/mol. The van der Waals surface area contributed by atoms with Gasteiger partial charge < -0.3 is 10.1 Å². The molecule has 1 amide bonds. The van der Waals surface area contributed by atoms with Gasteiger partial charge in [0, 0.05) is 7.05 Å². The molecule has 0 atom stereocenters. The number of carbonyl (C=O) groups is 1. The molecule has 0 aliphatic carbocycles. The lowest BCUT2D eigenvalue weighted by Gasteiger charge is -2.02. The number of rotatable bonds is 2. The van der Waals surface area contributed by atoms with Crippen LogP contribution in [-0.2, 0) is 6.42 Å². The van der Waals surface area contributed by atoms with E-state index in [4.69, 9.17) is 10.00 Å². The molecule has 1 aromatic carbocycles. The Morgan fingerprint density at radius 3 is 2.64 bits per heavy atom. The van der Waals surface area contributed by atoms with Gasteiger partial charge in [0.25, 0.3) is 0 Å². The van der Waals surface area contributed by atoms with Gasteiger partial charge in [0.15, 0.2) is 0 Å². The van der Waals surface area contributed by atoms with Crippen LogP contribution < -0.4 is 10.1 Å². The van der Waals surface area contributed by atoms with Gasteiger partial charge in [-0.25, -0.2) is 4.79 Å². The van der Waals surface area contributed by atoms with Crippen LogP contribution in [0.15, 0.2) is 24.3 Å². The minimum atomic E-state index is -0.502. The second kappa shape index (κ2) is 4.87. The zero-order valence-corrected chi connectivity index (χ0v) is 7.78. The SMILES string of the molecule is CNC(=O)Oc1ccc(CC#N)cc1. The highest BCUT2D eigenvalue weighted by Crippen LogP contribution is 2.12. The lowest BCUT2D eigenvalue weighted by molar-refractivity contribution is 0.203. The maximum atomic E-state index is 10.8. The second-order valence-corrected chi connectivity index (χ2v) is 2.62. The van der Waals surface area contributed by atoms with Crippen LogP contribution in [0.5, 0.6) is 5.75 Å². The lowest BCUT2D eigenvalue weighted by atomic mass is 10.2. The molecule has 0 spiro atoms. The van der Waals surface area contributed by atoms with E-state index >= 15 is 0 Å². The average Bonchev–Trinajstić information content (AvgIpc) is 2.21. The summed E-state index contributed by atoms with van der Waals surface area (Å²) in [6.45, 7) is 0. The van der Waals surface area contributed by atoms with Crippen LogP contribution in [-0.4, -0.2) is 13.1 Å². The molecule has 4 heteroatoms. The summed E-state index contributed by atoms with van der Waals surface area (Å²) in [5.41, 5.74) is 0.900. The summed E-state index contributed by atoms with van der Waals surface area (Å²) in [6, 6.07) is 8.85. The molecule has 72 valence electrons. The van der Waals surface area contributed by atoms with Crippen molar-refractivity contribution in [3.8, 4) is 11.8 Å². The minimum absolute atomic E-state index is 0.361. The molecule has 0 radical (unpaired) electrons. The highest BCUT2D eigenvalue weighted by molar-refractivity contribution is 5.69. The van der Waals surface area contributed by atoms with Gasteiger partial charge in [0.2, 0.25) is 0 Å². The number of carbonyl (C=O) groups excluding carboxylic acids is 1. The first-order chi connectivity index (χ1) is 6.76. The van der Waals surface area contributed by atoms with Crippen molar-refractivity contribution in [2.24, 2.45) is 0 Å². The first-order valence-corrected chi connectivity index (χ1v) is 4.11. The summed E-state index contributed by atoms with van der Waals surface area (Å²) in [5, 5.41) is 10.8. The van der Waals surface area contributed by atoms with Gasteiger partial charge in [0.05, 0.1) is 12.5 Å². The Hall–Kier alpha value is -2.02. The Morgan fingerprint density at radius 1 is 1.50 bits per heavy atom. The van der Waals surface area contributed by atoms with E-state index in [2.05, 4.69) is 5.32 Å². The predicted molar refractivity (Wildman–Crippen MR) is 50.8 cm³/mol. The fourth-order valence-corrected chi connectivity index (χ4v) is 0.925. The van der Waals surface area contributed by atoms with Crippen LogP contribution in [0, 0.1) is 11.3 Å². The van der Waals surface area contributed by atoms with Crippen molar-refractivity contribution in [2.75, 3.05) is 7.05 Å². The Bertz CT molecular complexity index is 351. The van der Waals surface area contributed by atoms with E-state index in [1.54, 1.807) is 24.3 Å². The molecular weight excluding hydrogens is 180 g/mol. The van der Waals surface area contributed by atoms with Crippen LogP contribution in [0.3, 0.4) is 0 Å². The number of hydrogen-bond acceptors (Lipinski definition) is 3. The highest BCUT2D eigenvalue weighted by atomic mass is 16.5. The molecule has 14 heavy (non-hydrogen) atoms. The average molecular weight is 190 g/mol. The van der Waals surface area contributed by atoms with Crippen molar-refractivity contribution in [2.45, 2.75) is 6.42 Å². The van der Waals surface area contributed by atoms with Gasteiger partial charge in [-0.15, -0.1) is 0 Å². The molecule has 0 bridgehead atoms. The number of nitriles is 1. The molecular formula is C10H10N2O2. The number of hydrogen-bond donors (Lipinski definition) is 1. The van der Waals surface area contributed by atoms with Crippen molar-refractivity contribution in [1.82, 2.24) is 5.32 Å². The number of nitrogens with zero attached hydrogens (tertiary/aromatic N) is 1. The van der Waals surface area contributed by atoms with Crippen LogP contribution in [0.25, 0.3) is 0 Å². The van der Waals surface area contributed by atoms with E-state index in [-0.39, 0.29) is 0 Å². The third-order valence-electron chi connectivity index (χ3n) is 1.62. The van der Waals surface area contributed by atoms with Crippen molar-refractivity contribution < 1.29 is 9.53 Å². The first kappa shape index (κ1) is 10.1. The van der Waals surface area contributed by atoms with E-state index in [1.165, 1.54) is 7.05 Å². The number of ether oxygens (including phenoxy) is 1. The molecule has 0 aliphatic rings. The third kappa shape index (κ3) is 2.79. The van der Waals surface area contributed by atoms with Crippen LogP contribution >= 0.6 is 0 Å². The van der Waals surface area contributed by atoms with Gasteiger partial charge in [-0.1, -0.05) is 12.1 Å².